The molecule has 1 aromatic heterocycles. The molecule has 174 valence electrons. The van der Waals surface area contributed by atoms with Crippen molar-refractivity contribution in [3.8, 4) is 0 Å². The molecular formula is C26H24N2O5S. The maximum atomic E-state index is 13.6. The minimum atomic E-state index is -0.836. The summed E-state index contributed by atoms with van der Waals surface area (Å²) < 4.78 is 4.75. The molecule has 0 saturated carbocycles. The summed E-state index contributed by atoms with van der Waals surface area (Å²) in [6.45, 7) is 5.58. The number of Topliss-reactive ketones (excluding diaryl/α,β-unsaturated/α-hetero) is 1. The molecule has 3 aromatic rings. The number of aryl methyl sites for hydroxylation is 3. The first-order valence-electron chi connectivity index (χ1n) is 10.8. The van der Waals surface area contributed by atoms with Gasteiger partial charge < -0.3 is 9.84 Å². The molecule has 1 N–H and O–H groups in total. The second-order valence-electron chi connectivity index (χ2n) is 7.95. The van der Waals surface area contributed by atoms with E-state index >= 15 is 0 Å². The average Bonchev–Trinajstić information content (AvgIpc) is 3.33. The van der Waals surface area contributed by atoms with E-state index in [9.17, 15) is 19.5 Å². The Kier molecular flexibility index (Phi) is 6.34. The summed E-state index contributed by atoms with van der Waals surface area (Å²) in [6.07, 6.45) is 0.842. The highest BCUT2D eigenvalue weighted by atomic mass is 32.1. The van der Waals surface area contributed by atoms with Crippen molar-refractivity contribution >= 4 is 34.7 Å². The van der Waals surface area contributed by atoms with Crippen molar-refractivity contribution < 1.29 is 24.2 Å². The van der Waals surface area contributed by atoms with Gasteiger partial charge in [0.1, 0.15) is 0 Å². The maximum absolute atomic E-state index is 13.6. The molecule has 1 atom stereocenters. The van der Waals surface area contributed by atoms with Gasteiger partial charge in [-0.2, -0.15) is 0 Å². The van der Waals surface area contributed by atoms with Gasteiger partial charge in [-0.25, -0.2) is 9.78 Å². The third-order valence-electron chi connectivity index (χ3n) is 5.83. The number of aliphatic hydroxyl groups is 1. The van der Waals surface area contributed by atoms with Crippen LogP contribution in [0.2, 0.25) is 0 Å². The van der Waals surface area contributed by atoms with Crippen LogP contribution in [0, 0.1) is 13.8 Å². The van der Waals surface area contributed by atoms with Crippen LogP contribution < -0.4 is 4.90 Å². The monoisotopic (exact) mass is 476 g/mol. The molecule has 0 fully saturated rings. The highest BCUT2D eigenvalue weighted by Crippen LogP contribution is 2.42. The zero-order valence-corrected chi connectivity index (χ0v) is 20.1. The van der Waals surface area contributed by atoms with Crippen molar-refractivity contribution in [2.75, 3.05) is 12.0 Å². The van der Waals surface area contributed by atoms with Crippen LogP contribution in [-0.4, -0.2) is 34.9 Å². The van der Waals surface area contributed by atoms with E-state index in [1.165, 1.54) is 23.3 Å². The Hall–Kier alpha value is -3.78. The number of methoxy groups -OCH3 is 1. The summed E-state index contributed by atoms with van der Waals surface area (Å²) in [5.41, 5.74) is 3.13. The number of ketones is 1. The Balaban J connectivity index is 1.84. The van der Waals surface area contributed by atoms with Crippen molar-refractivity contribution in [3.63, 3.8) is 0 Å². The Labute approximate surface area is 201 Å². The fraction of sp³-hybridized carbons (Fsp3) is 0.231. The molecule has 7 nitrogen and oxygen atoms in total. The summed E-state index contributed by atoms with van der Waals surface area (Å²) in [5.74, 6) is -2.19. The molecule has 0 bridgehead atoms. The smallest absolute Gasteiger partial charge is 0.337 e. The molecule has 8 heteroatoms. The first kappa shape index (κ1) is 23.4. The van der Waals surface area contributed by atoms with Gasteiger partial charge in [0.25, 0.3) is 5.91 Å². The molecule has 0 aliphatic carbocycles. The molecule has 0 radical (unpaired) electrons. The van der Waals surface area contributed by atoms with Gasteiger partial charge in [0.05, 0.1) is 39.9 Å². The number of amides is 1. The number of rotatable bonds is 6. The lowest BCUT2D eigenvalue weighted by molar-refractivity contribution is -0.117. The maximum Gasteiger partial charge on any atom is 0.337 e. The molecule has 1 amide bonds. The van der Waals surface area contributed by atoms with E-state index in [1.54, 1.807) is 38.1 Å². The molecular weight excluding hydrogens is 452 g/mol. The number of thiazole rings is 1. The van der Waals surface area contributed by atoms with Gasteiger partial charge in [0, 0.05) is 5.69 Å². The van der Waals surface area contributed by atoms with E-state index in [2.05, 4.69) is 4.98 Å². The number of aromatic nitrogens is 1. The van der Waals surface area contributed by atoms with Crippen LogP contribution in [-0.2, 0) is 16.0 Å². The molecule has 0 spiro atoms. The number of hydrogen-bond acceptors (Lipinski definition) is 7. The van der Waals surface area contributed by atoms with Gasteiger partial charge in [-0.15, -0.1) is 11.3 Å². The molecule has 1 unspecified atom stereocenters. The van der Waals surface area contributed by atoms with Crippen LogP contribution >= 0.6 is 11.3 Å². The summed E-state index contributed by atoms with van der Waals surface area (Å²) in [4.78, 5) is 44.8. The Morgan fingerprint density at radius 3 is 2.26 bits per heavy atom. The highest BCUT2D eigenvalue weighted by molar-refractivity contribution is 7.14. The van der Waals surface area contributed by atoms with E-state index in [0.717, 1.165) is 17.0 Å². The Morgan fingerprint density at radius 2 is 1.74 bits per heavy atom. The number of esters is 1. The second kappa shape index (κ2) is 9.23. The average molecular weight is 477 g/mol. The summed E-state index contributed by atoms with van der Waals surface area (Å²) in [6, 6.07) is 13.1. The van der Waals surface area contributed by atoms with Crippen molar-refractivity contribution in [1.82, 2.24) is 4.98 Å². The van der Waals surface area contributed by atoms with Crippen molar-refractivity contribution in [2.45, 2.75) is 33.2 Å². The summed E-state index contributed by atoms with van der Waals surface area (Å²) >= 11 is 1.23. The SMILES string of the molecule is CCc1ccc(C2C(C(=O)c3sc(C)nc3C)=C(O)C(=O)N2c2ccc(C(=O)OC)cc2)cc1. The fourth-order valence-corrected chi connectivity index (χ4v) is 4.97. The molecule has 2 heterocycles. The van der Waals surface area contributed by atoms with Crippen LogP contribution in [0.3, 0.4) is 0 Å². The topological polar surface area (TPSA) is 96.8 Å². The molecule has 34 heavy (non-hydrogen) atoms. The Morgan fingerprint density at radius 1 is 1.09 bits per heavy atom. The van der Waals surface area contributed by atoms with Gasteiger partial charge in [0.2, 0.25) is 5.78 Å². The highest BCUT2D eigenvalue weighted by Gasteiger charge is 2.45. The number of carbonyl (C=O) groups excluding carboxylic acids is 3. The summed E-state index contributed by atoms with van der Waals surface area (Å²) in [7, 11) is 1.29. The predicted molar refractivity (Wildman–Crippen MR) is 129 cm³/mol. The second-order valence-corrected chi connectivity index (χ2v) is 9.15. The van der Waals surface area contributed by atoms with Crippen LogP contribution in [0.5, 0.6) is 0 Å². The molecule has 0 saturated heterocycles. The molecule has 4 rings (SSSR count). The van der Waals surface area contributed by atoms with E-state index in [-0.39, 0.29) is 5.57 Å². The van der Waals surface area contributed by atoms with Gasteiger partial charge in [-0.05, 0) is 55.7 Å². The van der Waals surface area contributed by atoms with E-state index < -0.39 is 29.5 Å². The number of ether oxygens (including phenoxy) is 1. The number of anilines is 1. The van der Waals surface area contributed by atoms with Crippen LogP contribution in [0.4, 0.5) is 5.69 Å². The van der Waals surface area contributed by atoms with E-state index in [4.69, 9.17) is 4.74 Å². The van der Waals surface area contributed by atoms with Crippen molar-refractivity contribution in [1.29, 1.82) is 0 Å². The minimum Gasteiger partial charge on any atom is -0.503 e. The molecule has 1 aliphatic heterocycles. The first-order chi connectivity index (χ1) is 16.3. The number of benzene rings is 2. The van der Waals surface area contributed by atoms with Gasteiger partial charge in [-0.3, -0.25) is 14.5 Å². The number of aliphatic hydroxyl groups excluding tert-OH is 1. The lowest BCUT2D eigenvalue weighted by Crippen LogP contribution is -2.31. The summed E-state index contributed by atoms with van der Waals surface area (Å²) in [5, 5.41) is 11.6. The quantitative estimate of drug-likeness (QED) is 0.402. The number of nitrogens with zero attached hydrogens (tertiary/aromatic N) is 2. The largest absolute Gasteiger partial charge is 0.503 e. The first-order valence-corrected chi connectivity index (χ1v) is 11.6. The van der Waals surface area contributed by atoms with E-state index in [0.29, 0.717) is 27.4 Å². The van der Waals surface area contributed by atoms with Gasteiger partial charge in [0.15, 0.2) is 5.76 Å². The zero-order valence-electron chi connectivity index (χ0n) is 19.3. The standard InChI is InChI=1S/C26H24N2O5S/c1-5-16-6-8-17(9-7-16)21-20(22(29)24-14(2)27-15(3)34-24)23(30)25(31)28(21)19-12-10-18(11-13-19)26(32)33-4/h6-13,21,30H,5H2,1-4H3. The molecule has 2 aromatic carbocycles. The molecule has 1 aliphatic rings. The van der Waals surface area contributed by atoms with E-state index in [1.807, 2.05) is 31.2 Å². The van der Waals surface area contributed by atoms with Gasteiger partial charge in [-0.1, -0.05) is 31.2 Å². The van der Waals surface area contributed by atoms with Crippen LogP contribution in [0.15, 0.2) is 59.9 Å². The zero-order chi connectivity index (χ0) is 24.6. The van der Waals surface area contributed by atoms with Crippen molar-refractivity contribution in [3.05, 3.63) is 92.1 Å². The third-order valence-corrected chi connectivity index (χ3v) is 6.90. The number of carbonyl (C=O) groups is 3. The lowest BCUT2D eigenvalue weighted by atomic mass is 9.94. The lowest BCUT2D eigenvalue weighted by Gasteiger charge is -2.27. The predicted octanol–water partition coefficient (Wildman–Crippen LogP) is 4.89. The van der Waals surface area contributed by atoms with Crippen LogP contribution in [0.25, 0.3) is 0 Å². The normalized spacial score (nSPS) is 15.7. The third kappa shape index (κ3) is 4.01. The van der Waals surface area contributed by atoms with Crippen molar-refractivity contribution in [2.24, 2.45) is 0 Å². The van der Waals surface area contributed by atoms with Gasteiger partial charge >= 0.3 is 5.97 Å². The Bertz CT molecular complexity index is 1310. The fourth-order valence-electron chi connectivity index (χ4n) is 4.09. The number of hydrogen-bond donors (Lipinski definition) is 1. The minimum absolute atomic E-state index is 0.0121. The van der Waals surface area contributed by atoms with Crippen LogP contribution in [0.1, 0.15) is 54.8 Å².